The molecule has 0 radical (unpaired) electrons. The molecule has 0 saturated heterocycles. The van der Waals surface area contributed by atoms with Gasteiger partial charge in [0.1, 0.15) is 17.9 Å². The topological polar surface area (TPSA) is 88.8 Å². The van der Waals surface area contributed by atoms with Crippen LogP contribution in [0.1, 0.15) is 38.9 Å². The van der Waals surface area contributed by atoms with E-state index in [-0.39, 0.29) is 23.8 Å². The Morgan fingerprint density at radius 2 is 2.04 bits per heavy atom. The van der Waals surface area contributed by atoms with Gasteiger partial charge in [-0.2, -0.15) is 5.10 Å². The summed E-state index contributed by atoms with van der Waals surface area (Å²) in [6, 6.07) is 9.27. The van der Waals surface area contributed by atoms with Crippen LogP contribution >= 0.6 is 0 Å². The van der Waals surface area contributed by atoms with E-state index < -0.39 is 11.6 Å². The van der Waals surface area contributed by atoms with Gasteiger partial charge in [-0.25, -0.2) is 9.37 Å². The zero-order valence-corrected chi connectivity index (χ0v) is 12.0. The number of hydrogen-bond acceptors (Lipinski definition) is 5. The quantitative estimate of drug-likeness (QED) is 0.558. The van der Waals surface area contributed by atoms with Crippen LogP contribution in [0.5, 0.6) is 0 Å². The van der Waals surface area contributed by atoms with Gasteiger partial charge in [-0.3, -0.25) is 14.7 Å². The fraction of sp³-hybridized carbons (Fsp3) is 0.125. The molecule has 0 spiro atoms. The van der Waals surface area contributed by atoms with E-state index in [0.29, 0.717) is 12.2 Å². The summed E-state index contributed by atoms with van der Waals surface area (Å²) in [6.07, 6.45) is 1.20. The molecule has 3 rings (SSSR count). The number of benzene rings is 1. The molecular formula is C16H12FN3O3. The Balaban J connectivity index is 1.66. The largest absolute Gasteiger partial charge is 0.458 e. The Kier molecular flexibility index (Phi) is 4.09. The highest BCUT2D eigenvalue weighted by Gasteiger charge is 2.18. The minimum Gasteiger partial charge on any atom is -0.458 e. The van der Waals surface area contributed by atoms with Crippen LogP contribution in [0.15, 0.2) is 47.1 Å². The summed E-state index contributed by atoms with van der Waals surface area (Å²) in [5, 5.41) is 5.97. The number of halogens is 1. The minimum absolute atomic E-state index is 0.0323. The first kappa shape index (κ1) is 14.8. The Morgan fingerprint density at radius 3 is 2.78 bits per heavy atom. The van der Waals surface area contributed by atoms with Crippen molar-refractivity contribution in [1.29, 1.82) is 0 Å². The number of H-pyrrole nitrogens is 1. The van der Waals surface area contributed by atoms with Crippen LogP contribution in [0.4, 0.5) is 4.39 Å². The molecular weight excluding hydrogens is 301 g/mol. The molecule has 3 aromatic rings. The normalized spacial score (nSPS) is 10.7. The van der Waals surface area contributed by atoms with Gasteiger partial charge in [0.15, 0.2) is 11.6 Å². The van der Waals surface area contributed by atoms with Gasteiger partial charge < -0.3 is 4.42 Å². The first-order chi connectivity index (χ1) is 11.1. The average molecular weight is 313 g/mol. The molecule has 0 atom stereocenters. The molecule has 2 heterocycles. The molecule has 23 heavy (non-hydrogen) atoms. The zero-order chi connectivity index (χ0) is 16.2. The lowest BCUT2D eigenvalue weighted by Crippen LogP contribution is -2.09. The average Bonchev–Trinajstić information content (AvgIpc) is 3.18. The SMILES string of the molecule is O=C(CC(=O)c1ccc(Cc2cccc(F)c2)o1)c1ncn[nH]1. The number of nitrogens with one attached hydrogen (secondary N) is 1. The maximum Gasteiger partial charge on any atom is 0.207 e. The Labute approximate surface area is 130 Å². The smallest absolute Gasteiger partial charge is 0.207 e. The number of carbonyl (C=O) groups is 2. The number of aromatic amines is 1. The molecule has 0 fully saturated rings. The highest BCUT2D eigenvalue weighted by atomic mass is 19.1. The first-order valence-electron chi connectivity index (χ1n) is 6.87. The number of aromatic nitrogens is 3. The summed E-state index contributed by atoms with van der Waals surface area (Å²) in [7, 11) is 0. The Bertz CT molecular complexity index is 840. The van der Waals surface area contributed by atoms with Gasteiger partial charge in [0.05, 0.1) is 6.42 Å². The zero-order valence-electron chi connectivity index (χ0n) is 12.0. The second kappa shape index (κ2) is 6.35. The number of carbonyl (C=O) groups excluding carboxylic acids is 2. The summed E-state index contributed by atoms with van der Waals surface area (Å²) in [5.41, 5.74) is 0.732. The Hall–Kier alpha value is -3.09. The molecule has 7 heteroatoms. The van der Waals surface area contributed by atoms with Gasteiger partial charge in [-0.05, 0) is 29.8 Å². The van der Waals surface area contributed by atoms with E-state index in [1.165, 1.54) is 24.5 Å². The second-order valence-corrected chi connectivity index (χ2v) is 4.93. The first-order valence-corrected chi connectivity index (χ1v) is 6.87. The van der Waals surface area contributed by atoms with Crippen LogP contribution in [0, 0.1) is 5.82 Å². The number of furan rings is 1. The highest BCUT2D eigenvalue weighted by molar-refractivity contribution is 6.11. The molecule has 2 aromatic heterocycles. The van der Waals surface area contributed by atoms with Crippen LogP contribution in [0.25, 0.3) is 0 Å². The lowest BCUT2D eigenvalue weighted by atomic mass is 10.1. The van der Waals surface area contributed by atoms with Gasteiger partial charge >= 0.3 is 0 Å². The summed E-state index contributed by atoms with van der Waals surface area (Å²) in [5.74, 6) is -0.601. The predicted octanol–water partition coefficient (Wildman–Crippen LogP) is 2.58. The maximum absolute atomic E-state index is 13.1. The predicted molar refractivity (Wildman–Crippen MR) is 77.6 cm³/mol. The van der Waals surface area contributed by atoms with E-state index in [2.05, 4.69) is 15.2 Å². The van der Waals surface area contributed by atoms with Crippen molar-refractivity contribution in [2.75, 3.05) is 0 Å². The molecule has 6 nitrogen and oxygen atoms in total. The summed E-state index contributed by atoms with van der Waals surface area (Å²) in [4.78, 5) is 27.5. The number of rotatable bonds is 6. The van der Waals surface area contributed by atoms with Crippen molar-refractivity contribution < 1.29 is 18.4 Å². The Morgan fingerprint density at radius 1 is 1.17 bits per heavy atom. The standard InChI is InChI=1S/C16H12FN3O3/c17-11-3-1-2-10(6-11)7-12-4-5-15(23-12)13(21)8-14(22)16-18-9-19-20-16/h1-6,9H,7-8H2,(H,18,19,20). The number of Topliss-reactive ketones (excluding diaryl/α,β-unsaturated/α-hetero) is 2. The second-order valence-electron chi connectivity index (χ2n) is 4.93. The summed E-state index contributed by atoms with van der Waals surface area (Å²) in [6.45, 7) is 0. The van der Waals surface area contributed by atoms with E-state index in [9.17, 15) is 14.0 Å². The molecule has 0 unspecified atom stereocenters. The van der Waals surface area contributed by atoms with E-state index in [1.54, 1.807) is 18.2 Å². The van der Waals surface area contributed by atoms with Crippen molar-refractivity contribution in [1.82, 2.24) is 15.2 Å². The molecule has 1 N–H and O–H groups in total. The number of hydrogen-bond donors (Lipinski definition) is 1. The molecule has 0 aliphatic rings. The van der Waals surface area contributed by atoms with Gasteiger partial charge in [0.25, 0.3) is 0 Å². The maximum atomic E-state index is 13.1. The van der Waals surface area contributed by atoms with Gasteiger partial charge in [-0.1, -0.05) is 12.1 Å². The third-order valence-electron chi connectivity index (χ3n) is 3.20. The van der Waals surface area contributed by atoms with Crippen LogP contribution in [0.3, 0.4) is 0 Å². The highest BCUT2D eigenvalue weighted by Crippen LogP contribution is 2.16. The van der Waals surface area contributed by atoms with E-state index in [1.807, 2.05) is 0 Å². The van der Waals surface area contributed by atoms with E-state index >= 15 is 0 Å². The lowest BCUT2D eigenvalue weighted by Gasteiger charge is -1.99. The number of ketones is 2. The molecule has 0 bridgehead atoms. The fourth-order valence-corrected chi connectivity index (χ4v) is 2.13. The van der Waals surface area contributed by atoms with Crippen molar-refractivity contribution in [3.05, 3.63) is 71.5 Å². The summed E-state index contributed by atoms with van der Waals surface area (Å²) < 4.78 is 18.6. The fourth-order valence-electron chi connectivity index (χ4n) is 2.13. The van der Waals surface area contributed by atoms with Crippen LogP contribution < -0.4 is 0 Å². The monoisotopic (exact) mass is 313 g/mol. The molecule has 116 valence electrons. The van der Waals surface area contributed by atoms with Gasteiger partial charge in [-0.15, -0.1) is 0 Å². The molecule has 0 aliphatic heterocycles. The third-order valence-corrected chi connectivity index (χ3v) is 3.20. The van der Waals surface area contributed by atoms with Gasteiger partial charge in [0, 0.05) is 6.42 Å². The third kappa shape index (κ3) is 3.57. The molecule has 1 aromatic carbocycles. The van der Waals surface area contributed by atoms with Crippen LogP contribution in [0.2, 0.25) is 0 Å². The van der Waals surface area contributed by atoms with E-state index in [4.69, 9.17) is 4.42 Å². The van der Waals surface area contributed by atoms with Crippen molar-refractivity contribution in [2.24, 2.45) is 0 Å². The van der Waals surface area contributed by atoms with Crippen LogP contribution in [-0.4, -0.2) is 26.7 Å². The van der Waals surface area contributed by atoms with Crippen molar-refractivity contribution >= 4 is 11.6 Å². The van der Waals surface area contributed by atoms with Gasteiger partial charge in [0.2, 0.25) is 11.6 Å². The lowest BCUT2D eigenvalue weighted by molar-refractivity contribution is 0.0872. The molecule has 0 amide bonds. The van der Waals surface area contributed by atoms with Crippen molar-refractivity contribution in [2.45, 2.75) is 12.8 Å². The minimum atomic E-state index is -0.462. The number of nitrogens with zero attached hydrogens (tertiary/aromatic N) is 2. The molecule has 0 saturated carbocycles. The molecule has 0 aliphatic carbocycles. The van der Waals surface area contributed by atoms with Crippen molar-refractivity contribution in [3.63, 3.8) is 0 Å². The summed E-state index contributed by atoms with van der Waals surface area (Å²) >= 11 is 0. The van der Waals surface area contributed by atoms with Crippen LogP contribution in [-0.2, 0) is 6.42 Å². The van der Waals surface area contributed by atoms with Crippen molar-refractivity contribution in [3.8, 4) is 0 Å². The van der Waals surface area contributed by atoms with E-state index in [0.717, 1.165) is 5.56 Å².